The number of hydrogen-bond acceptors (Lipinski definition) is 2. The molecule has 2 N–H and O–H groups in total. The van der Waals surface area contributed by atoms with Gasteiger partial charge in [0, 0.05) is 25.1 Å². The average molecular weight is 290 g/mol. The maximum absolute atomic E-state index is 12.2. The van der Waals surface area contributed by atoms with Gasteiger partial charge >= 0.3 is 0 Å². The van der Waals surface area contributed by atoms with E-state index in [1.807, 2.05) is 51.1 Å². The highest BCUT2D eigenvalue weighted by Gasteiger charge is 2.14. The number of thiocarbonyl (C=S) groups is 1. The molecule has 1 rings (SSSR count). The van der Waals surface area contributed by atoms with Crippen LogP contribution in [0.1, 0.15) is 31.4 Å². The summed E-state index contributed by atoms with van der Waals surface area (Å²) >= 11 is 4.86. The summed E-state index contributed by atoms with van der Waals surface area (Å²) in [5.74, 6) is -0.0168. The summed E-state index contributed by atoms with van der Waals surface area (Å²) in [7, 11) is 0. The lowest BCUT2D eigenvalue weighted by Crippen LogP contribution is -2.37. The minimum absolute atomic E-state index is 0.0168. The number of nitrogens with two attached hydrogens (primary N) is 1. The standard InChI is InChI=1S/C16H22N2OS/c1-12(2)18(11-10-15(17)20)16(19)9-8-14-6-4-13(3)5-7-14/h4-9,12H,10-11H2,1-3H3,(H2,17,20)/b9-8+. The van der Waals surface area contributed by atoms with Gasteiger partial charge in [0.15, 0.2) is 0 Å². The maximum atomic E-state index is 12.2. The molecule has 0 saturated carbocycles. The van der Waals surface area contributed by atoms with Crippen molar-refractivity contribution in [3.63, 3.8) is 0 Å². The first-order valence-electron chi connectivity index (χ1n) is 6.74. The van der Waals surface area contributed by atoms with E-state index >= 15 is 0 Å². The maximum Gasteiger partial charge on any atom is 0.246 e. The molecule has 3 nitrogen and oxygen atoms in total. The van der Waals surface area contributed by atoms with Gasteiger partial charge in [0.2, 0.25) is 5.91 Å². The Hall–Kier alpha value is -1.68. The number of benzene rings is 1. The van der Waals surface area contributed by atoms with Crippen LogP contribution in [0.5, 0.6) is 0 Å². The van der Waals surface area contributed by atoms with Crippen LogP contribution in [0.3, 0.4) is 0 Å². The molecule has 0 radical (unpaired) electrons. The Kier molecular flexibility index (Phi) is 6.39. The molecule has 0 aliphatic rings. The van der Waals surface area contributed by atoms with Gasteiger partial charge in [-0.05, 0) is 32.4 Å². The Labute approximate surface area is 126 Å². The third kappa shape index (κ3) is 5.53. The molecule has 108 valence electrons. The van der Waals surface area contributed by atoms with Crippen molar-refractivity contribution in [3.05, 3.63) is 41.5 Å². The number of hydrogen-bond donors (Lipinski definition) is 1. The topological polar surface area (TPSA) is 46.3 Å². The molecular weight excluding hydrogens is 268 g/mol. The Morgan fingerprint density at radius 3 is 2.45 bits per heavy atom. The number of carbonyl (C=O) groups excluding carboxylic acids is 1. The summed E-state index contributed by atoms with van der Waals surface area (Å²) < 4.78 is 0. The Bertz CT molecular complexity index is 492. The molecule has 1 amide bonds. The zero-order chi connectivity index (χ0) is 15.1. The van der Waals surface area contributed by atoms with Crippen LogP contribution in [0.15, 0.2) is 30.3 Å². The predicted molar refractivity (Wildman–Crippen MR) is 88.5 cm³/mol. The molecule has 0 saturated heterocycles. The van der Waals surface area contributed by atoms with E-state index in [-0.39, 0.29) is 11.9 Å². The van der Waals surface area contributed by atoms with Gasteiger partial charge in [-0.2, -0.15) is 0 Å². The van der Waals surface area contributed by atoms with Crippen molar-refractivity contribution in [1.82, 2.24) is 4.90 Å². The van der Waals surface area contributed by atoms with Crippen LogP contribution >= 0.6 is 12.2 Å². The van der Waals surface area contributed by atoms with E-state index < -0.39 is 0 Å². The van der Waals surface area contributed by atoms with Gasteiger partial charge in [-0.3, -0.25) is 4.79 Å². The first-order valence-corrected chi connectivity index (χ1v) is 7.14. The van der Waals surface area contributed by atoms with Crippen LogP contribution in [-0.4, -0.2) is 28.4 Å². The molecule has 0 bridgehead atoms. The summed E-state index contributed by atoms with van der Waals surface area (Å²) in [6.07, 6.45) is 3.99. The quantitative estimate of drug-likeness (QED) is 0.647. The second-order valence-electron chi connectivity index (χ2n) is 5.09. The van der Waals surface area contributed by atoms with Crippen molar-refractivity contribution in [2.75, 3.05) is 6.54 Å². The highest BCUT2D eigenvalue weighted by atomic mass is 32.1. The largest absolute Gasteiger partial charge is 0.393 e. The molecule has 0 aliphatic carbocycles. The SMILES string of the molecule is Cc1ccc(/C=C/C(=O)N(CCC(N)=S)C(C)C)cc1. The van der Waals surface area contributed by atoms with Crippen LogP contribution in [0.4, 0.5) is 0 Å². The number of amides is 1. The lowest BCUT2D eigenvalue weighted by atomic mass is 10.1. The van der Waals surface area contributed by atoms with Crippen molar-refractivity contribution in [2.45, 2.75) is 33.2 Å². The van der Waals surface area contributed by atoms with Crippen LogP contribution in [0, 0.1) is 6.92 Å². The van der Waals surface area contributed by atoms with E-state index in [9.17, 15) is 4.79 Å². The van der Waals surface area contributed by atoms with E-state index in [1.54, 1.807) is 11.0 Å². The Balaban J connectivity index is 2.70. The smallest absolute Gasteiger partial charge is 0.246 e. The zero-order valence-electron chi connectivity index (χ0n) is 12.3. The van der Waals surface area contributed by atoms with E-state index in [4.69, 9.17) is 18.0 Å². The number of aryl methyl sites for hydroxylation is 1. The summed E-state index contributed by atoms with van der Waals surface area (Å²) in [4.78, 5) is 14.4. The van der Waals surface area contributed by atoms with E-state index in [0.29, 0.717) is 18.0 Å². The fourth-order valence-corrected chi connectivity index (χ4v) is 1.89. The van der Waals surface area contributed by atoms with Crippen molar-refractivity contribution in [3.8, 4) is 0 Å². The second-order valence-corrected chi connectivity index (χ2v) is 5.61. The van der Waals surface area contributed by atoms with Crippen molar-refractivity contribution in [1.29, 1.82) is 0 Å². The van der Waals surface area contributed by atoms with Gasteiger partial charge in [0.1, 0.15) is 0 Å². The molecule has 0 aromatic heterocycles. The minimum atomic E-state index is -0.0168. The molecule has 1 aromatic carbocycles. The summed E-state index contributed by atoms with van der Waals surface area (Å²) in [6.45, 7) is 6.56. The number of rotatable bonds is 6. The fraction of sp³-hybridized carbons (Fsp3) is 0.375. The Morgan fingerprint density at radius 1 is 1.35 bits per heavy atom. The molecule has 20 heavy (non-hydrogen) atoms. The van der Waals surface area contributed by atoms with Gasteiger partial charge in [-0.15, -0.1) is 0 Å². The number of carbonyl (C=O) groups is 1. The molecule has 0 heterocycles. The van der Waals surface area contributed by atoms with Gasteiger partial charge in [0.25, 0.3) is 0 Å². The van der Waals surface area contributed by atoms with Crippen LogP contribution in [-0.2, 0) is 4.79 Å². The monoisotopic (exact) mass is 290 g/mol. The highest BCUT2D eigenvalue weighted by molar-refractivity contribution is 7.80. The molecule has 0 fully saturated rings. The fourth-order valence-electron chi connectivity index (χ4n) is 1.79. The van der Waals surface area contributed by atoms with Crippen molar-refractivity contribution >= 4 is 29.2 Å². The predicted octanol–water partition coefficient (Wildman–Crippen LogP) is 2.92. The van der Waals surface area contributed by atoms with E-state index in [0.717, 1.165) is 5.56 Å². The molecule has 0 aliphatic heterocycles. The Morgan fingerprint density at radius 2 is 1.95 bits per heavy atom. The van der Waals surface area contributed by atoms with E-state index in [1.165, 1.54) is 5.56 Å². The number of nitrogens with zero attached hydrogens (tertiary/aromatic N) is 1. The van der Waals surface area contributed by atoms with Crippen LogP contribution in [0.2, 0.25) is 0 Å². The van der Waals surface area contributed by atoms with Gasteiger partial charge < -0.3 is 10.6 Å². The summed E-state index contributed by atoms with van der Waals surface area (Å²) in [5, 5.41) is 0. The summed E-state index contributed by atoms with van der Waals surface area (Å²) in [5.41, 5.74) is 7.71. The molecule has 0 atom stereocenters. The second kappa shape index (κ2) is 7.80. The lowest BCUT2D eigenvalue weighted by Gasteiger charge is -2.25. The normalized spacial score (nSPS) is 11.0. The third-order valence-corrected chi connectivity index (χ3v) is 3.21. The molecular formula is C16H22N2OS. The first kappa shape index (κ1) is 16.4. The van der Waals surface area contributed by atoms with E-state index in [2.05, 4.69) is 0 Å². The highest BCUT2D eigenvalue weighted by Crippen LogP contribution is 2.07. The van der Waals surface area contributed by atoms with Crippen molar-refractivity contribution in [2.24, 2.45) is 5.73 Å². The van der Waals surface area contributed by atoms with Gasteiger partial charge in [-0.25, -0.2) is 0 Å². The van der Waals surface area contributed by atoms with Crippen molar-refractivity contribution < 1.29 is 4.79 Å². The van der Waals surface area contributed by atoms with Crippen LogP contribution < -0.4 is 5.73 Å². The minimum Gasteiger partial charge on any atom is -0.393 e. The lowest BCUT2D eigenvalue weighted by molar-refractivity contribution is -0.127. The third-order valence-electron chi connectivity index (χ3n) is 3.00. The molecule has 1 aromatic rings. The molecule has 0 spiro atoms. The van der Waals surface area contributed by atoms with Gasteiger partial charge in [0.05, 0.1) is 4.99 Å². The molecule has 0 unspecified atom stereocenters. The zero-order valence-corrected chi connectivity index (χ0v) is 13.1. The summed E-state index contributed by atoms with van der Waals surface area (Å²) in [6, 6.07) is 8.16. The molecule has 4 heteroatoms. The van der Waals surface area contributed by atoms with Gasteiger partial charge in [-0.1, -0.05) is 42.0 Å². The first-order chi connectivity index (χ1) is 9.40. The average Bonchev–Trinajstić information content (AvgIpc) is 2.37. The van der Waals surface area contributed by atoms with Crippen LogP contribution in [0.25, 0.3) is 6.08 Å².